The maximum Gasteiger partial charge on any atom is 0.331 e. The molecule has 5 aliphatic rings. The van der Waals surface area contributed by atoms with Gasteiger partial charge in [-0.1, -0.05) is 20.8 Å². The lowest BCUT2D eigenvalue weighted by molar-refractivity contribution is -0.265. The molecule has 0 bridgehead atoms. The number of rotatable bonds is 2. The first-order chi connectivity index (χ1) is 13.6. The lowest BCUT2D eigenvalue weighted by atomic mass is 9.41. The zero-order chi connectivity index (χ0) is 20.8. The molecule has 2 saturated heterocycles. The minimum atomic E-state index is -0.877. The van der Waals surface area contributed by atoms with Gasteiger partial charge in [-0.25, -0.2) is 4.79 Å². The number of hydrogen-bond acceptors (Lipinski definition) is 7. The van der Waals surface area contributed by atoms with Gasteiger partial charge < -0.3 is 18.9 Å². The summed E-state index contributed by atoms with van der Waals surface area (Å²) >= 11 is 0. The molecule has 3 heterocycles. The Morgan fingerprint density at radius 1 is 1.28 bits per heavy atom. The van der Waals surface area contributed by atoms with Crippen molar-refractivity contribution in [2.75, 3.05) is 13.2 Å². The number of fused-ring (bicyclic) bond motifs is 1. The van der Waals surface area contributed by atoms with E-state index in [0.717, 1.165) is 12.0 Å². The first kappa shape index (κ1) is 19.2. The Hall–Kier alpha value is -1.73. The van der Waals surface area contributed by atoms with E-state index in [4.69, 9.17) is 18.9 Å². The average Bonchev–Trinajstić information content (AvgIpc) is 3.33. The molecule has 0 N–H and O–H groups in total. The topological polar surface area (TPSA) is 91.4 Å². The summed E-state index contributed by atoms with van der Waals surface area (Å²) in [5.74, 6) is -0.375. The number of carbonyl (C=O) groups excluding carboxylic acids is 3. The molecule has 7 heteroatoms. The highest BCUT2D eigenvalue weighted by atomic mass is 16.6. The van der Waals surface area contributed by atoms with Crippen molar-refractivity contribution in [3.8, 4) is 0 Å². The predicted octanol–water partition coefficient (Wildman–Crippen LogP) is 1.97. The van der Waals surface area contributed by atoms with Crippen molar-refractivity contribution in [3.05, 3.63) is 11.6 Å². The first-order valence-electron chi connectivity index (χ1n) is 10.5. The molecule has 0 aromatic rings. The molecular weight excluding hydrogens is 376 g/mol. The van der Waals surface area contributed by atoms with E-state index in [1.165, 1.54) is 13.0 Å². The van der Waals surface area contributed by atoms with E-state index in [2.05, 4.69) is 20.8 Å². The van der Waals surface area contributed by atoms with Crippen molar-refractivity contribution in [3.63, 3.8) is 0 Å². The minimum absolute atomic E-state index is 0.0122. The Labute approximate surface area is 170 Å². The predicted molar refractivity (Wildman–Crippen MR) is 99.7 cm³/mol. The maximum absolute atomic E-state index is 13.2. The lowest BCUT2D eigenvalue weighted by Crippen LogP contribution is -2.72. The molecular formula is C22H28O7. The summed E-state index contributed by atoms with van der Waals surface area (Å²) in [6.45, 7) is 8.55. The quantitative estimate of drug-likeness (QED) is 0.513. The molecule has 5 rings (SSSR count). The largest absolute Gasteiger partial charge is 0.462 e. The van der Waals surface area contributed by atoms with Gasteiger partial charge in [0.15, 0.2) is 11.4 Å². The monoisotopic (exact) mass is 404 g/mol. The van der Waals surface area contributed by atoms with Crippen molar-refractivity contribution in [2.24, 2.45) is 22.7 Å². The van der Waals surface area contributed by atoms with Crippen LogP contribution in [0.1, 0.15) is 47.0 Å². The Morgan fingerprint density at radius 2 is 2.00 bits per heavy atom. The third kappa shape index (κ3) is 2.40. The number of cyclic esters (lactones) is 1. The van der Waals surface area contributed by atoms with Crippen LogP contribution in [0.2, 0.25) is 0 Å². The normalized spacial score (nSPS) is 50.6. The number of Topliss-reactive ketones (excluding diaryl/α,β-unsaturated/α-hetero) is 1. The summed E-state index contributed by atoms with van der Waals surface area (Å²) in [6, 6.07) is 0. The Morgan fingerprint density at radius 3 is 2.59 bits per heavy atom. The first-order valence-corrected chi connectivity index (χ1v) is 10.5. The minimum Gasteiger partial charge on any atom is -0.462 e. The number of ketones is 1. The lowest BCUT2D eigenvalue weighted by Gasteiger charge is -2.66. The van der Waals surface area contributed by atoms with E-state index < -0.39 is 17.1 Å². The van der Waals surface area contributed by atoms with Gasteiger partial charge in [0, 0.05) is 36.3 Å². The van der Waals surface area contributed by atoms with Crippen LogP contribution in [0.15, 0.2) is 11.6 Å². The molecule has 29 heavy (non-hydrogen) atoms. The standard InChI is InChI=1S/C22H28O7/c1-11-5-17(28-12(2)23)21(4)19-14(7-16(24)22(21)10-27-22)29-15(8-20(11,19)3)13-6-18(25)26-9-13/h6,11,14-15,17,19H,5,7-10H2,1-4H3/t11-,14-,15+,17+,19-,20+,21-,22-/m0/s1. The van der Waals surface area contributed by atoms with Crippen LogP contribution >= 0.6 is 0 Å². The summed E-state index contributed by atoms with van der Waals surface area (Å²) in [4.78, 5) is 36.7. The molecule has 0 radical (unpaired) electrons. The van der Waals surface area contributed by atoms with E-state index in [9.17, 15) is 14.4 Å². The SMILES string of the molecule is CC(=O)O[C@@H]1C[C@H](C)[C@@]2(C)C[C@H](C3=CC(=O)OC3)O[C@H]3CC(=O)[C@@]4(CO4)[C@]1(C)[C@@H]32. The number of hydrogen-bond donors (Lipinski definition) is 0. The summed E-state index contributed by atoms with van der Waals surface area (Å²) in [6.07, 6.45) is 2.29. The van der Waals surface area contributed by atoms with Crippen LogP contribution in [-0.2, 0) is 33.3 Å². The second-order valence-corrected chi connectivity index (χ2v) is 9.94. The average molecular weight is 404 g/mol. The van der Waals surface area contributed by atoms with E-state index in [1.54, 1.807) is 0 Å². The molecule has 4 fully saturated rings. The van der Waals surface area contributed by atoms with Gasteiger partial charge in [-0.2, -0.15) is 0 Å². The molecule has 7 nitrogen and oxygen atoms in total. The molecule has 0 amide bonds. The van der Waals surface area contributed by atoms with Gasteiger partial charge in [0.2, 0.25) is 0 Å². The van der Waals surface area contributed by atoms with Crippen LogP contribution in [0.3, 0.4) is 0 Å². The zero-order valence-electron chi connectivity index (χ0n) is 17.4. The fourth-order valence-electron chi connectivity index (χ4n) is 6.94. The molecule has 158 valence electrons. The highest BCUT2D eigenvalue weighted by Crippen LogP contribution is 2.70. The third-order valence-corrected chi connectivity index (χ3v) is 8.60. The molecule has 0 unspecified atom stereocenters. The van der Waals surface area contributed by atoms with E-state index in [0.29, 0.717) is 13.0 Å². The Balaban J connectivity index is 1.59. The number of epoxide rings is 1. The molecule has 1 spiro atoms. The van der Waals surface area contributed by atoms with Crippen LogP contribution in [0, 0.1) is 22.7 Å². The summed E-state index contributed by atoms with van der Waals surface area (Å²) in [7, 11) is 0. The highest BCUT2D eigenvalue weighted by molar-refractivity contribution is 5.93. The van der Waals surface area contributed by atoms with Crippen LogP contribution in [0.4, 0.5) is 0 Å². The molecule has 0 aromatic heterocycles. The molecule has 0 aromatic carbocycles. The van der Waals surface area contributed by atoms with Gasteiger partial charge in [-0.15, -0.1) is 0 Å². The number of carbonyl (C=O) groups is 3. The van der Waals surface area contributed by atoms with Crippen LogP contribution in [0.5, 0.6) is 0 Å². The van der Waals surface area contributed by atoms with Crippen molar-refractivity contribution < 1.29 is 33.3 Å². The van der Waals surface area contributed by atoms with Gasteiger partial charge in [0.1, 0.15) is 12.7 Å². The number of esters is 2. The molecule has 2 aliphatic carbocycles. The third-order valence-electron chi connectivity index (χ3n) is 8.60. The smallest absolute Gasteiger partial charge is 0.331 e. The van der Waals surface area contributed by atoms with Crippen LogP contribution < -0.4 is 0 Å². The summed E-state index contributed by atoms with van der Waals surface area (Å²) < 4.78 is 23.2. The summed E-state index contributed by atoms with van der Waals surface area (Å²) in [5, 5.41) is 0. The van der Waals surface area contributed by atoms with Crippen LogP contribution in [0.25, 0.3) is 0 Å². The van der Waals surface area contributed by atoms with Gasteiger partial charge in [0.25, 0.3) is 0 Å². The van der Waals surface area contributed by atoms with Gasteiger partial charge >= 0.3 is 11.9 Å². The molecule has 3 aliphatic heterocycles. The van der Waals surface area contributed by atoms with Crippen molar-refractivity contribution in [1.29, 1.82) is 0 Å². The van der Waals surface area contributed by atoms with Crippen molar-refractivity contribution in [2.45, 2.75) is 70.9 Å². The second-order valence-electron chi connectivity index (χ2n) is 9.94. The number of ether oxygens (including phenoxy) is 4. The molecule has 2 saturated carbocycles. The molecule has 8 atom stereocenters. The van der Waals surface area contributed by atoms with Crippen LogP contribution in [-0.4, -0.2) is 54.8 Å². The van der Waals surface area contributed by atoms with E-state index in [-0.39, 0.29) is 60.2 Å². The highest BCUT2D eigenvalue weighted by Gasteiger charge is 2.79. The van der Waals surface area contributed by atoms with Gasteiger partial charge in [-0.3, -0.25) is 9.59 Å². The second kappa shape index (κ2) is 5.91. The van der Waals surface area contributed by atoms with Gasteiger partial charge in [0.05, 0.1) is 18.8 Å². The zero-order valence-corrected chi connectivity index (χ0v) is 17.4. The Bertz CT molecular complexity index is 827. The fourth-order valence-corrected chi connectivity index (χ4v) is 6.94. The fraction of sp³-hybridized carbons (Fsp3) is 0.773. The maximum atomic E-state index is 13.2. The summed E-state index contributed by atoms with van der Waals surface area (Å²) in [5.41, 5.74) is -0.814. The Kier molecular flexibility index (Phi) is 3.92. The van der Waals surface area contributed by atoms with E-state index >= 15 is 0 Å². The van der Waals surface area contributed by atoms with Crippen molar-refractivity contribution in [1.82, 2.24) is 0 Å². The van der Waals surface area contributed by atoms with Gasteiger partial charge in [-0.05, 0) is 24.2 Å². The van der Waals surface area contributed by atoms with E-state index in [1.807, 2.05) is 0 Å². The van der Waals surface area contributed by atoms with Crippen molar-refractivity contribution >= 4 is 17.7 Å².